The molecule has 3 unspecified atom stereocenters. The molecule has 0 aromatic rings. The van der Waals surface area contributed by atoms with Gasteiger partial charge in [0.25, 0.3) is 0 Å². The second-order valence-corrected chi connectivity index (χ2v) is 5.28. The van der Waals surface area contributed by atoms with Crippen LogP contribution in [0.25, 0.3) is 0 Å². The van der Waals surface area contributed by atoms with Crippen molar-refractivity contribution in [2.45, 2.75) is 52.3 Å². The van der Waals surface area contributed by atoms with E-state index < -0.39 is 0 Å². The minimum Gasteiger partial charge on any atom is -0.377 e. The van der Waals surface area contributed by atoms with Crippen LogP contribution < -0.4 is 5.32 Å². The largest absolute Gasteiger partial charge is 0.377 e. The van der Waals surface area contributed by atoms with Gasteiger partial charge in [-0.1, -0.05) is 20.8 Å². The number of nitrogens with zero attached hydrogens (tertiary/aromatic N) is 1. The van der Waals surface area contributed by atoms with Crippen molar-refractivity contribution in [1.82, 2.24) is 10.2 Å². The quantitative estimate of drug-likeness (QED) is 0.749. The third kappa shape index (κ3) is 3.72. The van der Waals surface area contributed by atoms with E-state index in [1.807, 2.05) is 0 Å². The van der Waals surface area contributed by atoms with E-state index in [9.17, 15) is 0 Å². The standard InChI is InChI=1S/C13H28N2O/c1-6-14-12(10(2)3)9-15(5)13-7-8-16-11(13)4/h10-14H,6-9H2,1-5H3. The summed E-state index contributed by atoms with van der Waals surface area (Å²) in [6.07, 6.45) is 1.56. The predicted octanol–water partition coefficient (Wildman–Crippen LogP) is 1.73. The van der Waals surface area contributed by atoms with Crippen LogP contribution in [0, 0.1) is 5.92 Å². The fourth-order valence-electron chi connectivity index (χ4n) is 2.52. The van der Waals surface area contributed by atoms with E-state index in [4.69, 9.17) is 4.74 Å². The second-order valence-electron chi connectivity index (χ2n) is 5.28. The van der Waals surface area contributed by atoms with Crippen LogP contribution in [-0.4, -0.2) is 49.8 Å². The van der Waals surface area contributed by atoms with E-state index in [1.54, 1.807) is 0 Å². The highest BCUT2D eigenvalue weighted by atomic mass is 16.5. The lowest BCUT2D eigenvalue weighted by molar-refractivity contribution is 0.0781. The van der Waals surface area contributed by atoms with Crippen molar-refractivity contribution in [3.05, 3.63) is 0 Å². The molecule has 0 amide bonds. The minimum atomic E-state index is 0.388. The molecule has 1 rings (SSSR count). The first kappa shape index (κ1) is 13.9. The number of ether oxygens (including phenoxy) is 1. The van der Waals surface area contributed by atoms with Crippen LogP contribution in [0.1, 0.15) is 34.1 Å². The van der Waals surface area contributed by atoms with Crippen LogP contribution in [0.15, 0.2) is 0 Å². The zero-order valence-electron chi connectivity index (χ0n) is 11.5. The fourth-order valence-corrected chi connectivity index (χ4v) is 2.52. The molecule has 0 aliphatic carbocycles. The molecule has 0 aromatic carbocycles. The molecule has 0 radical (unpaired) electrons. The molecule has 16 heavy (non-hydrogen) atoms. The summed E-state index contributed by atoms with van der Waals surface area (Å²) in [6.45, 7) is 12.0. The minimum absolute atomic E-state index is 0.388. The molecule has 0 aromatic heterocycles. The predicted molar refractivity (Wildman–Crippen MR) is 68.8 cm³/mol. The van der Waals surface area contributed by atoms with Crippen LogP contribution in [0.2, 0.25) is 0 Å². The van der Waals surface area contributed by atoms with E-state index in [1.165, 1.54) is 6.42 Å². The molecule has 1 heterocycles. The Labute approximate surface area is 101 Å². The Morgan fingerprint density at radius 2 is 2.12 bits per heavy atom. The second kappa shape index (κ2) is 6.58. The molecule has 3 heteroatoms. The molecule has 3 nitrogen and oxygen atoms in total. The van der Waals surface area contributed by atoms with Crippen molar-refractivity contribution in [3.63, 3.8) is 0 Å². The molecular formula is C13H28N2O. The summed E-state index contributed by atoms with van der Waals surface area (Å²) < 4.78 is 5.63. The highest BCUT2D eigenvalue weighted by molar-refractivity contribution is 4.83. The number of likely N-dealkylation sites (N-methyl/N-ethyl adjacent to an activating group) is 2. The Kier molecular flexibility index (Phi) is 5.73. The molecule has 1 aliphatic rings. The lowest BCUT2D eigenvalue weighted by atomic mass is 10.0. The van der Waals surface area contributed by atoms with Crippen LogP contribution in [0.3, 0.4) is 0 Å². The van der Waals surface area contributed by atoms with Crippen molar-refractivity contribution in [2.75, 3.05) is 26.7 Å². The van der Waals surface area contributed by atoms with Gasteiger partial charge in [0.2, 0.25) is 0 Å². The van der Waals surface area contributed by atoms with Gasteiger partial charge >= 0.3 is 0 Å². The van der Waals surface area contributed by atoms with Crippen molar-refractivity contribution in [1.29, 1.82) is 0 Å². The van der Waals surface area contributed by atoms with Crippen molar-refractivity contribution >= 4 is 0 Å². The van der Waals surface area contributed by atoms with E-state index in [0.717, 1.165) is 19.7 Å². The number of rotatable bonds is 6. The van der Waals surface area contributed by atoms with E-state index in [0.29, 0.717) is 24.1 Å². The van der Waals surface area contributed by atoms with E-state index in [2.05, 4.69) is 45.0 Å². The maximum Gasteiger partial charge on any atom is 0.0702 e. The summed E-state index contributed by atoms with van der Waals surface area (Å²) >= 11 is 0. The molecule has 0 spiro atoms. The Balaban J connectivity index is 2.43. The smallest absolute Gasteiger partial charge is 0.0702 e. The third-order valence-electron chi connectivity index (χ3n) is 3.66. The first-order valence-corrected chi connectivity index (χ1v) is 6.61. The van der Waals surface area contributed by atoms with Gasteiger partial charge in [0, 0.05) is 25.2 Å². The van der Waals surface area contributed by atoms with Gasteiger partial charge in [-0.2, -0.15) is 0 Å². The topological polar surface area (TPSA) is 24.5 Å². The summed E-state index contributed by atoms with van der Waals surface area (Å²) in [4.78, 5) is 2.46. The maximum absolute atomic E-state index is 5.63. The highest BCUT2D eigenvalue weighted by Crippen LogP contribution is 2.19. The average molecular weight is 228 g/mol. The summed E-state index contributed by atoms with van der Waals surface area (Å²) in [5.74, 6) is 0.681. The van der Waals surface area contributed by atoms with Gasteiger partial charge in [0.1, 0.15) is 0 Å². The summed E-state index contributed by atoms with van der Waals surface area (Å²) in [5.41, 5.74) is 0. The monoisotopic (exact) mass is 228 g/mol. The number of hydrogen-bond donors (Lipinski definition) is 1. The lowest BCUT2D eigenvalue weighted by Gasteiger charge is -2.32. The van der Waals surface area contributed by atoms with E-state index in [-0.39, 0.29) is 0 Å². The van der Waals surface area contributed by atoms with Crippen LogP contribution in [0.4, 0.5) is 0 Å². The van der Waals surface area contributed by atoms with Gasteiger partial charge in [0.05, 0.1) is 6.10 Å². The molecular weight excluding hydrogens is 200 g/mol. The van der Waals surface area contributed by atoms with Crippen molar-refractivity contribution in [3.8, 4) is 0 Å². The van der Waals surface area contributed by atoms with Gasteiger partial charge in [-0.3, -0.25) is 4.90 Å². The molecule has 1 fully saturated rings. The van der Waals surface area contributed by atoms with E-state index >= 15 is 0 Å². The van der Waals surface area contributed by atoms with Gasteiger partial charge in [-0.05, 0) is 32.9 Å². The normalized spacial score (nSPS) is 27.9. The van der Waals surface area contributed by atoms with Gasteiger partial charge < -0.3 is 10.1 Å². The average Bonchev–Trinajstić information content (AvgIpc) is 2.63. The molecule has 3 atom stereocenters. The fraction of sp³-hybridized carbons (Fsp3) is 1.00. The first-order chi connectivity index (χ1) is 7.56. The summed E-state index contributed by atoms with van der Waals surface area (Å²) in [5, 5.41) is 3.57. The Morgan fingerprint density at radius 1 is 1.44 bits per heavy atom. The Morgan fingerprint density at radius 3 is 2.56 bits per heavy atom. The van der Waals surface area contributed by atoms with Crippen LogP contribution in [0.5, 0.6) is 0 Å². The van der Waals surface area contributed by atoms with Crippen molar-refractivity contribution < 1.29 is 4.74 Å². The zero-order chi connectivity index (χ0) is 12.1. The molecule has 1 saturated heterocycles. The van der Waals surface area contributed by atoms with Crippen molar-refractivity contribution in [2.24, 2.45) is 5.92 Å². The van der Waals surface area contributed by atoms with Gasteiger partial charge in [0.15, 0.2) is 0 Å². The highest BCUT2D eigenvalue weighted by Gasteiger charge is 2.29. The zero-order valence-corrected chi connectivity index (χ0v) is 11.5. The van der Waals surface area contributed by atoms with Gasteiger partial charge in [-0.15, -0.1) is 0 Å². The summed E-state index contributed by atoms with van der Waals surface area (Å²) in [6, 6.07) is 1.18. The SMILES string of the molecule is CCNC(CN(C)C1CCOC1C)C(C)C. The molecule has 0 bridgehead atoms. The lowest BCUT2D eigenvalue weighted by Crippen LogP contribution is -2.47. The third-order valence-corrected chi connectivity index (χ3v) is 3.66. The Hall–Kier alpha value is -0.120. The number of nitrogens with one attached hydrogen (secondary N) is 1. The summed E-state index contributed by atoms with van der Waals surface area (Å²) in [7, 11) is 2.22. The molecule has 1 N–H and O–H groups in total. The van der Waals surface area contributed by atoms with Crippen LogP contribution >= 0.6 is 0 Å². The molecule has 1 aliphatic heterocycles. The number of hydrogen-bond acceptors (Lipinski definition) is 3. The van der Waals surface area contributed by atoms with Crippen LogP contribution in [-0.2, 0) is 4.74 Å². The first-order valence-electron chi connectivity index (χ1n) is 6.61. The molecule has 96 valence electrons. The Bertz CT molecular complexity index is 196. The van der Waals surface area contributed by atoms with Gasteiger partial charge in [-0.25, -0.2) is 0 Å². The molecule has 0 saturated carbocycles. The maximum atomic E-state index is 5.63.